The van der Waals surface area contributed by atoms with E-state index in [1.165, 1.54) is 0 Å². The molecule has 0 saturated heterocycles. The maximum absolute atomic E-state index is 11.0. The molecule has 1 aromatic carbocycles. The second kappa shape index (κ2) is 5.44. The number of anilines is 1. The maximum Gasteiger partial charge on any atom is 0.320 e. The molecule has 21 heavy (non-hydrogen) atoms. The first kappa shape index (κ1) is 13.4. The number of nitro groups is 1. The second-order valence-corrected chi connectivity index (χ2v) is 5.15. The molecular formula is C12H10N4O4S. The first-order chi connectivity index (χ1) is 10.1. The van der Waals surface area contributed by atoms with Gasteiger partial charge in [-0.15, -0.1) is 0 Å². The Kier molecular flexibility index (Phi) is 3.48. The molecule has 2 N–H and O–H groups in total. The Morgan fingerprint density at radius 2 is 2.05 bits per heavy atom. The van der Waals surface area contributed by atoms with Gasteiger partial charge in [0.15, 0.2) is 16.5 Å². The van der Waals surface area contributed by atoms with Crippen molar-refractivity contribution < 1.29 is 14.4 Å². The highest BCUT2D eigenvalue weighted by Gasteiger charge is 2.19. The summed E-state index contributed by atoms with van der Waals surface area (Å²) in [6.07, 6.45) is 1.10. The SMILES string of the molecule is Nc1ncc([N+](=O)[O-])c(Sc2ccc3c(c2)OCCO3)n1. The molecular weight excluding hydrogens is 296 g/mol. The van der Waals surface area contributed by atoms with E-state index in [1.54, 1.807) is 18.2 Å². The molecule has 8 nitrogen and oxygen atoms in total. The highest BCUT2D eigenvalue weighted by Crippen LogP contribution is 2.38. The molecule has 108 valence electrons. The lowest BCUT2D eigenvalue weighted by molar-refractivity contribution is -0.388. The largest absolute Gasteiger partial charge is 0.486 e. The Labute approximate surface area is 123 Å². The van der Waals surface area contributed by atoms with Gasteiger partial charge in [-0.2, -0.15) is 4.98 Å². The van der Waals surface area contributed by atoms with Crippen molar-refractivity contribution in [2.45, 2.75) is 9.92 Å². The van der Waals surface area contributed by atoms with Crippen LogP contribution < -0.4 is 15.2 Å². The van der Waals surface area contributed by atoms with Gasteiger partial charge in [-0.1, -0.05) is 11.8 Å². The molecule has 0 radical (unpaired) electrons. The van der Waals surface area contributed by atoms with E-state index in [9.17, 15) is 10.1 Å². The molecule has 2 aromatic rings. The number of rotatable bonds is 3. The smallest absolute Gasteiger partial charge is 0.320 e. The summed E-state index contributed by atoms with van der Waals surface area (Å²) in [5.74, 6) is 1.25. The fourth-order valence-electron chi connectivity index (χ4n) is 1.77. The summed E-state index contributed by atoms with van der Waals surface area (Å²) < 4.78 is 10.9. The van der Waals surface area contributed by atoms with Gasteiger partial charge in [-0.05, 0) is 18.2 Å². The van der Waals surface area contributed by atoms with Crippen LogP contribution in [0.4, 0.5) is 11.6 Å². The van der Waals surface area contributed by atoms with Crippen LogP contribution in [-0.4, -0.2) is 28.1 Å². The summed E-state index contributed by atoms with van der Waals surface area (Å²) in [5.41, 5.74) is 5.30. The van der Waals surface area contributed by atoms with Crippen molar-refractivity contribution in [2.24, 2.45) is 0 Å². The minimum absolute atomic E-state index is 0.0133. The number of nitrogens with two attached hydrogens (primary N) is 1. The van der Waals surface area contributed by atoms with Gasteiger partial charge in [0.1, 0.15) is 19.4 Å². The monoisotopic (exact) mass is 306 g/mol. The van der Waals surface area contributed by atoms with E-state index in [1.807, 2.05) is 0 Å². The molecule has 1 aromatic heterocycles. The molecule has 3 rings (SSSR count). The normalized spacial score (nSPS) is 13.0. The van der Waals surface area contributed by atoms with Gasteiger partial charge in [-0.3, -0.25) is 10.1 Å². The van der Waals surface area contributed by atoms with Crippen LogP contribution >= 0.6 is 11.8 Å². The maximum atomic E-state index is 11.0. The van der Waals surface area contributed by atoms with Crippen LogP contribution in [0.2, 0.25) is 0 Å². The molecule has 0 aliphatic carbocycles. The summed E-state index contributed by atoms with van der Waals surface area (Å²) in [6.45, 7) is 0.981. The lowest BCUT2D eigenvalue weighted by atomic mass is 10.3. The standard InChI is InChI=1S/C12H10N4O4S/c13-12-14-6-8(16(17)18)11(15-12)21-7-1-2-9-10(5-7)20-4-3-19-9/h1-2,5-6H,3-4H2,(H2,13,14,15). The zero-order chi connectivity index (χ0) is 14.8. The van der Waals surface area contributed by atoms with Gasteiger partial charge < -0.3 is 15.2 Å². The van der Waals surface area contributed by atoms with Crippen LogP contribution in [0.15, 0.2) is 34.3 Å². The topological polar surface area (TPSA) is 113 Å². The zero-order valence-electron chi connectivity index (χ0n) is 10.7. The number of nitrogen functional groups attached to an aromatic ring is 1. The van der Waals surface area contributed by atoms with Gasteiger partial charge in [0, 0.05) is 4.90 Å². The van der Waals surface area contributed by atoms with E-state index in [4.69, 9.17) is 15.2 Å². The van der Waals surface area contributed by atoms with E-state index >= 15 is 0 Å². The average molecular weight is 306 g/mol. The van der Waals surface area contributed by atoms with E-state index in [-0.39, 0.29) is 16.7 Å². The lowest BCUT2D eigenvalue weighted by Gasteiger charge is -2.18. The number of fused-ring (bicyclic) bond motifs is 1. The summed E-state index contributed by atoms with van der Waals surface area (Å²) in [5, 5.41) is 11.2. The van der Waals surface area contributed by atoms with Crippen molar-refractivity contribution >= 4 is 23.4 Å². The Balaban J connectivity index is 1.93. The van der Waals surface area contributed by atoms with Gasteiger partial charge >= 0.3 is 5.69 Å². The number of hydrogen-bond donors (Lipinski definition) is 1. The Morgan fingerprint density at radius 1 is 1.29 bits per heavy atom. The number of benzene rings is 1. The molecule has 0 unspecified atom stereocenters. The fourth-order valence-corrected chi connectivity index (χ4v) is 2.67. The van der Waals surface area contributed by atoms with Gasteiger partial charge in [0.05, 0.1) is 4.92 Å². The lowest BCUT2D eigenvalue weighted by Crippen LogP contribution is -2.15. The number of aromatic nitrogens is 2. The summed E-state index contributed by atoms with van der Waals surface area (Å²) in [7, 11) is 0. The fraction of sp³-hybridized carbons (Fsp3) is 0.167. The third-order valence-corrected chi connectivity index (χ3v) is 3.66. The van der Waals surface area contributed by atoms with Crippen LogP contribution in [0.1, 0.15) is 0 Å². The van der Waals surface area contributed by atoms with Crippen molar-refractivity contribution in [3.05, 3.63) is 34.5 Å². The molecule has 0 atom stereocenters. The average Bonchev–Trinajstić information content (AvgIpc) is 2.47. The number of nitrogens with zero attached hydrogens (tertiary/aromatic N) is 3. The Morgan fingerprint density at radius 3 is 2.81 bits per heavy atom. The molecule has 9 heteroatoms. The summed E-state index contributed by atoms with van der Waals surface area (Å²) >= 11 is 1.12. The van der Waals surface area contributed by atoms with E-state index < -0.39 is 4.92 Å². The molecule has 0 saturated carbocycles. The van der Waals surface area contributed by atoms with Gasteiger partial charge in [-0.25, -0.2) is 4.98 Å². The summed E-state index contributed by atoms with van der Waals surface area (Å²) in [6, 6.07) is 5.29. The van der Waals surface area contributed by atoms with E-state index in [0.717, 1.165) is 22.9 Å². The van der Waals surface area contributed by atoms with E-state index in [0.29, 0.717) is 24.7 Å². The first-order valence-corrected chi connectivity index (χ1v) is 6.79. The molecule has 1 aliphatic heterocycles. The van der Waals surface area contributed by atoms with Crippen LogP contribution in [-0.2, 0) is 0 Å². The predicted octanol–water partition coefficient (Wildman–Crippen LogP) is 1.89. The van der Waals surface area contributed by atoms with Crippen molar-refractivity contribution in [3.8, 4) is 11.5 Å². The molecule has 0 fully saturated rings. The first-order valence-electron chi connectivity index (χ1n) is 5.98. The summed E-state index contributed by atoms with van der Waals surface area (Å²) in [4.78, 5) is 18.7. The minimum atomic E-state index is -0.542. The van der Waals surface area contributed by atoms with Crippen molar-refractivity contribution in [1.82, 2.24) is 9.97 Å². The quantitative estimate of drug-likeness (QED) is 0.519. The van der Waals surface area contributed by atoms with Crippen molar-refractivity contribution in [2.75, 3.05) is 18.9 Å². The number of hydrogen-bond acceptors (Lipinski definition) is 8. The molecule has 0 spiro atoms. The molecule has 0 bridgehead atoms. The second-order valence-electron chi connectivity index (χ2n) is 4.08. The molecule has 2 heterocycles. The predicted molar refractivity (Wildman–Crippen MR) is 74.7 cm³/mol. The zero-order valence-corrected chi connectivity index (χ0v) is 11.5. The number of ether oxygens (including phenoxy) is 2. The minimum Gasteiger partial charge on any atom is -0.486 e. The highest BCUT2D eigenvalue weighted by molar-refractivity contribution is 7.99. The Bertz CT molecular complexity index is 710. The molecule has 0 amide bonds. The van der Waals surface area contributed by atoms with Gasteiger partial charge in [0.2, 0.25) is 5.95 Å². The van der Waals surface area contributed by atoms with E-state index in [2.05, 4.69) is 9.97 Å². The van der Waals surface area contributed by atoms with Crippen LogP contribution in [0, 0.1) is 10.1 Å². The van der Waals surface area contributed by atoms with Gasteiger partial charge in [0.25, 0.3) is 0 Å². The van der Waals surface area contributed by atoms with Crippen LogP contribution in [0.5, 0.6) is 11.5 Å². The molecule has 1 aliphatic rings. The highest BCUT2D eigenvalue weighted by atomic mass is 32.2. The van der Waals surface area contributed by atoms with Crippen LogP contribution in [0.3, 0.4) is 0 Å². The third kappa shape index (κ3) is 2.82. The van der Waals surface area contributed by atoms with Crippen molar-refractivity contribution in [3.63, 3.8) is 0 Å². The van der Waals surface area contributed by atoms with Crippen molar-refractivity contribution in [1.29, 1.82) is 0 Å². The Hall–Kier alpha value is -2.55. The third-order valence-electron chi connectivity index (χ3n) is 2.68. The van der Waals surface area contributed by atoms with Crippen LogP contribution in [0.25, 0.3) is 0 Å².